The summed E-state index contributed by atoms with van der Waals surface area (Å²) in [7, 11) is 0.340. The summed E-state index contributed by atoms with van der Waals surface area (Å²) >= 11 is 7.30. The van der Waals surface area contributed by atoms with E-state index in [1.54, 1.807) is 11.4 Å². The van der Waals surface area contributed by atoms with Gasteiger partial charge < -0.3 is 13.7 Å². The Kier molecular flexibility index (Phi) is 5.45. The lowest BCUT2D eigenvalue weighted by atomic mass is 9.84. The quantitative estimate of drug-likeness (QED) is 0.541. The fourth-order valence-electron chi connectivity index (χ4n) is 2.83. The van der Waals surface area contributed by atoms with Crippen LogP contribution in [0.5, 0.6) is 0 Å². The molecule has 3 nitrogen and oxygen atoms in total. The van der Waals surface area contributed by atoms with Crippen molar-refractivity contribution in [1.82, 2.24) is 0 Å². The standard InChI is InChI=1S/C14H30BO3PS2Si/c1-10-11(18-22(6,7)13(2,3)4)12(15)17-14(10)8-16-19(5,20)21-9-14/h10-12H,8-9,15H2,1-7H3/t10?,11-,12+,14+,19?/m0/s1. The molecule has 128 valence electrons. The van der Waals surface area contributed by atoms with Gasteiger partial charge in [0.1, 0.15) is 18.9 Å². The highest BCUT2D eigenvalue weighted by molar-refractivity contribution is 8.69. The maximum absolute atomic E-state index is 6.70. The van der Waals surface area contributed by atoms with Crippen molar-refractivity contribution >= 4 is 44.8 Å². The molecule has 2 rings (SSSR count). The Labute approximate surface area is 147 Å². The molecule has 0 radical (unpaired) electrons. The number of hydrogen-bond acceptors (Lipinski definition) is 5. The molecule has 1 spiro atoms. The van der Waals surface area contributed by atoms with E-state index < -0.39 is 13.8 Å². The minimum Gasteiger partial charge on any atom is -0.412 e. The first-order chi connectivity index (χ1) is 9.80. The van der Waals surface area contributed by atoms with Crippen LogP contribution in [0.3, 0.4) is 0 Å². The fraction of sp³-hybridized carbons (Fsp3) is 1.00. The van der Waals surface area contributed by atoms with Crippen molar-refractivity contribution < 1.29 is 13.7 Å². The second kappa shape index (κ2) is 6.15. The zero-order valence-electron chi connectivity index (χ0n) is 15.1. The third kappa shape index (κ3) is 3.71. The molecule has 2 aliphatic rings. The summed E-state index contributed by atoms with van der Waals surface area (Å²) in [6.45, 7) is 16.4. The molecule has 5 atom stereocenters. The molecule has 0 aromatic carbocycles. The predicted molar refractivity (Wildman–Crippen MR) is 106 cm³/mol. The summed E-state index contributed by atoms with van der Waals surface area (Å²) in [5, 5.41) is 0.213. The van der Waals surface area contributed by atoms with E-state index in [0.717, 1.165) is 5.75 Å². The molecule has 0 aromatic heterocycles. The highest BCUT2D eigenvalue weighted by Gasteiger charge is 2.56. The van der Waals surface area contributed by atoms with Crippen molar-refractivity contribution in [3.8, 4) is 0 Å². The first-order valence-corrected chi connectivity index (χ1v) is 15.7. The average molecular weight is 380 g/mol. The zero-order valence-corrected chi connectivity index (χ0v) is 18.7. The van der Waals surface area contributed by atoms with Gasteiger partial charge in [-0.05, 0) is 24.8 Å². The van der Waals surface area contributed by atoms with E-state index in [0.29, 0.717) is 12.5 Å². The van der Waals surface area contributed by atoms with Gasteiger partial charge in [0.15, 0.2) is 8.32 Å². The Morgan fingerprint density at radius 3 is 2.45 bits per heavy atom. The Morgan fingerprint density at radius 2 is 2.00 bits per heavy atom. The molecule has 0 amide bonds. The van der Waals surface area contributed by atoms with Crippen LogP contribution >= 0.6 is 16.8 Å². The Bertz CT molecular complexity index is 471. The molecule has 2 unspecified atom stereocenters. The van der Waals surface area contributed by atoms with Crippen molar-refractivity contribution in [3.63, 3.8) is 0 Å². The number of hydrogen-bond donors (Lipinski definition) is 0. The smallest absolute Gasteiger partial charge is 0.192 e. The van der Waals surface area contributed by atoms with Crippen molar-refractivity contribution in [1.29, 1.82) is 0 Å². The highest BCUT2D eigenvalue weighted by atomic mass is 32.9. The van der Waals surface area contributed by atoms with E-state index in [4.69, 9.17) is 25.5 Å². The van der Waals surface area contributed by atoms with Crippen LogP contribution in [0.2, 0.25) is 18.1 Å². The molecule has 0 aromatic rings. The summed E-state index contributed by atoms with van der Waals surface area (Å²) in [6, 6.07) is 0.112. The molecular weight excluding hydrogens is 350 g/mol. The normalized spacial score (nSPS) is 43.7. The number of ether oxygens (including phenoxy) is 1. The predicted octanol–water partition coefficient (Wildman–Crippen LogP) is 3.44. The van der Waals surface area contributed by atoms with Crippen LogP contribution in [0.4, 0.5) is 0 Å². The molecule has 2 fully saturated rings. The third-order valence-electron chi connectivity index (χ3n) is 5.53. The van der Waals surface area contributed by atoms with Crippen LogP contribution < -0.4 is 0 Å². The maximum Gasteiger partial charge on any atom is 0.192 e. The summed E-state index contributed by atoms with van der Waals surface area (Å²) in [5.74, 6) is 1.27. The summed E-state index contributed by atoms with van der Waals surface area (Å²) in [5.41, 5.74) is -1.89. The van der Waals surface area contributed by atoms with E-state index in [2.05, 4.69) is 55.3 Å². The van der Waals surface area contributed by atoms with Gasteiger partial charge in [0, 0.05) is 17.7 Å². The Hall–Kier alpha value is 1.16. The van der Waals surface area contributed by atoms with Gasteiger partial charge in [0.05, 0.1) is 12.7 Å². The van der Waals surface area contributed by atoms with Crippen molar-refractivity contribution in [2.24, 2.45) is 5.92 Å². The molecule has 0 bridgehead atoms. The fourth-order valence-corrected chi connectivity index (χ4v) is 8.03. The molecule has 0 saturated carbocycles. The van der Waals surface area contributed by atoms with Crippen molar-refractivity contribution in [2.45, 2.75) is 63.5 Å². The maximum atomic E-state index is 6.70. The molecule has 22 heavy (non-hydrogen) atoms. The molecule has 8 heteroatoms. The van der Waals surface area contributed by atoms with E-state index in [-0.39, 0.29) is 22.7 Å². The average Bonchev–Trinajstić information content (AvgIpc) is 2.57. The van der Waals surface area contributed by atoms with E-state index in [1.807, 2.05) is 0 Å². The van der Waals surface area contributed by atoms with Gasteiger partial charge in [0.2, 0.25) is 0 Å². The largest absolute Gasteiger partial charge is 0.412 e. The second-order valence-electron chi connectivity index (χ2n) is 8.34. The van der Waals surface area contributed by atoms with Crippen LogP contribution in [0.1, 0.15) is 27.7 Å². The van der Waals surface area contributed by atoms with Gasteiger partial charge >= 0.3 is 0 Å². The SMILES string of the molecule is B[C@@H]1O[C@@]2(COP(C)(=S)SC2)C(C)[C@@H]1O[Si](C)(C)C(C)(C)C. The first-order valence-electron chi connectivity index (χ1n) is 8.02. The lowest BCUT2D eigenvalue weighted by Gasteiger charge is -2.42. The first kappa shape index (κ1) is 19.5. The summed E-state index contributed by atoms with van der Waals surface area (Å²) in [4.78, 5) is 0. The van der Waals surface area contributed by atoms with Gasteiger partial charge in [-0.3, -0.25) is 0 Å². The number of rotatable bonds is 2. The van der Waals surface area contributed by atoms with E-state index >= 15 is 0 Å². The van der Waals surface area contributed by atoms with Crippen LogP contribution in [0.25, 0.3) is 0 Å². The molecule has 2 aliphatic heterocycles. The Morgan fingerprint density at radius 1 is 1.41 bits per heavy atom. The molecule has 2 saturated heterocycles. The topological polar surface area (TPSA) is 27.7 Å². The third-order valence-corrected chi connectivity index (χ3v) is 15.1. The van der Waals surface area contributed by atoms with Crippen molar-refractivity contribution in [2.75, 3.05) is 19.0 Å². The zero-order chi connectivity index (χ0) is 17.0. The summed E-state index contributed by atoms with van der Waals surface area (Å²) in [6.07, 6.45) is 0.151. The lowest BCUT2D eigenvalue weighted by Crippen LogP contribution is -2.50. The molecule has 0 aliphatic carbocycles. The van der Waals surface area contributed by atoms with Crippen LogP contribution in [0, 0.1) is 5.92 Å². The van der Waals surface area contributed by atoms with Gasteiger partial charge in [-0.2, -0.15) is 0 Å². The minimum absolute atomic E-state index is 0.112. The van der Waals surface area contributed by atoms with Crippen LogP contribution in [-0.4, -0.2) is 52.9 Å². The van der Waals surface area contributed by atoms with Crippen LogP contribution in [0.15, 0.2) is 0 Å². The van der Waals surface area contributed by atoms with Crippen molar-refractivity contribution in [3.05, 3.63) is 0 Å². The van der Waals surface area contributed by atoms with Gasteiger partial charge in [0.25, 0.3) is 0 Å². The monoisotopic (exact) mass is 380 g/mol. The Balaban J connectivity index is 2.15. The van der Waals surface area contributed by atoms with Crippen LogP contribution in [-0.2, 0) is 25.5 Å². The van der Waals surface area contributed by atoms with E-state index in [1.165, 1.54) is 0 Å². The summed E-state index contributed by atoms with van der Waals surface area (Å²) < 4.78 is 19.1. The van der Waals surface area contributed by atoms with Gasteiger partial charge in [-0.1, -0.05) is 50.9 Å². The van der Waals surface area contributed by atoms with Gasteiger partial charge in [-0.25, -0.2) is 0 Å². The molecule has 0 N–H and O–H groups in total. The van der Waals surface area contributed by atoms with E-state index in [9.17, 15) is 0 Å². The molecule has 2 heterocycles. The van der Waals surface area contributed by atoms with Gasteiger partial charge in [-0.15, -0.1) is 0 Å². The lowest BCUT2D eigenvalue weighted by molar-refractivity contribution is -0.0429. The highest BCUT2D eigenvalue weighted by Crippen LogP contribution is 2.63. The second-order valence-corrected chi connectivity index (χ2v) is 21.1. The minimum atomic E-state index is -1.80. The molecular formula is C14H30BO3PS2Si.